The van der Waals surface area contributed by atoms with Crippen LogP contribution in [0, 0.1) is 0 Å². The number of aromatic nitrogens is 1. The Kier molecular flexibility index (Phi) is 7.07. The van der Waals surface area contributed by atoms with Gasteiger partial charge < -0.3 is 15.0 Å². The van der Waals surface area contributed by atoms with E-state index in [1.54, 1.807) is 31.3 Å². The molecular weight excluding hydrogens is 408 g/mol. The van der Waals surface area contributed by atoms with Gasteiger partial charge in [-0.25, -0.2) is 9.59 Å². The lowest BCUT2D eigenvalue weighted by Crippen LogP contribution is -2.35. The van der Waals surface area contributed by atoms with Crippen LogP contribution in [0.4, 0.5) is 15.3 Å². The fourth-order valence-electron chi connectivity index (χ4n) is 3.59. The highest BCUT2D eigenvalue weighted by Crippen LogP contribution is 2.32. The molecule has 1 aliphatic rings. The van der Waals surface area contributed by atoms with Gasteiger partial charge in [0.2, 0.25) is 0 Å². The molecule has 32 heavy (non-hydrogen) atoms. The Bertz CT molecular complexity index is 1060. The number of amides is 3. The molecule has 2 N–H and O–H groups in total. The zero-order valence-corrected chi connectivity index (χ0v) is 19.2. The van der Waals surface area contributed by atoms with Crippen molar-refractivity contribution in [3.05, 3.63) is 36.0 Å². The van der Waals surface area contributed by atoms with Gasteiger partial charge in [-0.1, -0.05) is 6.07 Å². The summed E-state index contributed by atoms with van der Waals surface area (Å²) in [5.74, 6) is 0.547. The van der Waals surface area contributed by atoms with Gasteiger partial charge in [0.25, 0.3) is 0 Å². The van der Waals surface area contributed by atoms with Crippen molar-refractivity contribution >= 4 is 40.8 Å². The number of ether oxygens (including phenoxy) is 1. The molecule has 1 aliphatic heterocycles. The number of hydrogen-bond acceptors (Lipinski definition) is 6. The summed E-state index contributed by atoms with van der Waals surface area (Å²) < 4.78 is 5.50. The summed E-state index contributed by atoms with van der Waals surface area (Å²) in [6.45, 7) is 6.84. The van der Waals surface area contributed by atoms with Crippen molar-refractivity contribution in [2.24, 2.45) is 9.98 Å². The van der Waals surface area contributed by atoms with Crippen LogP contribution in [0.15, 0.2) is 40.4 Å². The smallest absolute Gasteiger partial charge is 0.410 e. The van der Waals surface area contributed by atoms with E-state index in [1.165, 1.54) is 6.21 Å². The van der Waals surface area contributed by atoms with Gasteiger partial charge in [0.15, 0.2) is 0 Å². The van der Waals surface area contributed by atoms with Crippen LogP contribution in [0.3, 0.4) is 0 Å². The van der Waals surface area contributed by atoms with Gasteiger partial charge in [-0.3, -0.25) is 20.3 Å². The van der Waals surface area contributed by atoms with E-state index < -0.39 is 11.6 Å². The fourth-order valence-corrected chi connectivity index (χ4v) is 3.59. The third kappa shape index (κ3) is 5.81. The maximum atomic E-state index is 12.4. The average molecular weight is 439 g/mol. The first-order valence-corrected chi connectivity index (χ1v) is 10.5. The van der Waals surface area contributed by atoms with Crippen LogP contribution >= 0.6 is 0 Å². The fraction of sp³-hybridized carbons (Fsp3) is 0.435. The number of rotatable bonds is 3. The summed E-state index contributed by atoms with van der Waals surface area (Å²) in [4.78, 5) is 38.8. The van der Waals surface area contributed by atoms with E-state index in [2.05, 4.69) is 25.6 Å². The number of hydrogen-bond donors (Lipinski definition) is 2. The lowest BCUT2D eigenvalue weighted by molar-refractivity contribution is 0.0292. The van der Waals surface area contributed by atoms with Crippen LogP contribution in [0.1, 0.15) is 38.7 Å². The Morgan fingerprint density at radius 1 is 1.25 bits per heavy atom. The third-order valence-corrected chi connectivity index (χ3v) is 5.06. The number of carbonyl (C=O) groups is 2. The van der Waals surface area contributed by atoms with E-state index in [9.17, 15) is 9.59 Å². The van der Waals surface area contributed by atoms with Gasteiger partial charge in [-0.2, -0.15) is 0 Å². The molecule has 1 unspecified atom stereocenters. The maximum absolute atomic E-state index is 12.4. The predicted octanol–water partition coefficient (Wildman–Crippen LogP) is 3.81. The van der Waals surface area contributed by atoms with E-state index in [4.69, 9.17) is 4.74 Å². The van der Waals surface area contributed by atoms with E-state index in [-0.39, 0.29) is 12.0 Å². The minimum atomic E-state index is -0.518. The second-order valence-corrected chi connectivity index (χ2v) is 8.62. The third-order valence-electron chi connectivity index (χ3n) is 5.06. The van der Waals surface area contributed by atoms with Crippen molar-refractivity contribution in [2.45, 2.75) is 38.7 Å². The number of likely N-dealkylation sites (tertiary alicyclic amines) is 1. The molecule has 1 saturated heterocycles. The second kappa shape index (κ2) is 9.76. The first-order valence-electron chi connectivity index (χ1n) is 10.5. The zero-order chi connectivity index (χ0) is 23.3. The summed E-state index contributed by atoms with van der Waals surface area (Å²) in [6, 6.07) is 7.34. The molecule has 1 aromatic carbocycles. The largest absolute Gasteiger partial charge is 0.444 e. The Morgan fingerprint density at radius 2 is 2.03 bits per heavy atom. The predicted molar refractivity (Wildman–Crippen MR) is 127 cm³/mol. The van der Waals surface area contributed by atoms with Crippen molar-refractivity contribution in [1.29, 1.82) is 0 Å². The Labute approximate surface area is 188 Å². The first kappa shape index (κ1) is 23.2. The summed E-state index contributed by atoms with van der Waals surface area (Å²) >= 11 is 0. The molecule has 0 spiro atoms. The number of anilines is 1. The number of amidine groups is 1. The van der Waals surface area contributed by atoms with E-state index in [0.29, 0.717) is 24.6 Å². The van der Waals surface area contributed by atoms with Crippen molar-refractivity contribution in [2.75, 3.05) is 32.5 Å². The molecular formula is C23H30N6O3. The summed E-state index contributed by atoms with van der Waals surface area (Å²) in [6.07, 6.45) is 3.69. The number of carbonyl (C=O) groups excluding carboxylic acids is 2. The first-order chi connectivity index (χ1) is 15.2. The summed E-state index contributed by atoms with van der Waals surface area (Å²) in [5.41, 5.74) is 1.98. The molecule has 2 heterocycles. The highest BCUT2D eigenvalue weighted by atomic mass is 16.6. The van der Waals surface area contributed by atoms with Crippen LogP contribution in [0.5, 0.6) is 0 Å². The summed E-state index contributed by atoms with van der Waals surface area (Å²) in [5, 5.41) is 6.35. The molecule has 0 bridgehead atoms. The lowest BCUT2D eigenvalue weighted by Gasteiger charge is -2.24. The molecule has 1 aromatic heterocycles. The Hall–Kier alpha value is -3.49. The molecule has 9 heteroatoms. The average Bonchev–Trinajstić information content (AvgIpc) is 3.23. The highest BCUT2D eigenvalue weighted by molar-refractivity contribution is 6.33. The molecule has 2 aromatic rings. The maximum Gasteiger partial charge on any atom is 0.410 e. The number of benzene rings is 1. The van der Waals surface area contributed by atoms with Gasteiger partial charge in [0.05, 0.1) is 17.4 Å². The van der Waals surface area contributed by atoms with Crippen LogP contribution in [0.25, 0.3) is 10.9 Å². The van der Waals surface area contributed by atoms with Crippen LogP contribution in [-0.4, -0.2) is 66.8 Å². The minimum Gasteiger partial charge on any atom is -0.444 e. The topological polar surface area (TPSA) is 108 Å². The number of nitrogens with one attached hydrogen (secondary N) is 2. The molecule has 1 atom stereocenters. The van der Waals surface area contributed by atoms with E-state index >= 15 is 0 Å². The van der Waals surface area contributed by atoms with Gasteiger partial charge in [0, 0.05) is 44.7 Å². The van der Waals surface area contributed by atoms with Crippen molar-refractivity contribution in [1.82, 2.24) is 15.2 Å². The Morgan fingerprint density at radius 3 is 2.72 bits per heavy atom. The van der Waals surface area contributed by atoms with Crippen LogP contribution in [-0.2, 0) is 4.74 Å². The van der Waals surface area contributed by atoms with Gasteiger partial charge in [0.1, 0.15) is 11.4 Å². The molecule has 3 amide bonds. The lowest BCUT2D eigenvalue weighted by atomic mass is 9.96. The number of fused-ring (bicyclic) bond motifs is 1. The molecule has 9 nitrogen and oxygen atoms in total. The molecule has 3 rings (SSSR count). The highest BCUT2D eigenvalue weighted by Gasteiger charge is 2.30. The van der Waals surface area contributed by atoms with Gasteiger partial charge in [-0.05, 0) is 51.0 Å². The Balaban J connectivity index is 1.77. The number of aliphatic imine (C=N–C) groups is 2. The molecule has 0 aliphatic carbocycles. The van der Waals surface area contributed by atoms with Crippen molar-refractivity contribution in [3.63, 3.8) is 0 Å². The van der Waals surface area contributed by atoms with Gasteiger partial charge in [-0.15, -0.1) is 0 Å². The monoisotopic (exact) mass is 438 g/mol. The number of pyridine rings is 1. The van der Waals surface area contributed by atoms with Crippen LogP contribution in [0.2, 0.25) is 0 Å². The zero-order valence-electron chi connectivity index (χ0n) is 19.2. The normalized spacial score (nSPS) is 17.1. The van der Waals surface area contributed by atoms with E-state index in [0.717, 1.165) is 22.9 Å². The number of urea groups is 1. The van der Waals surface area contributed by atoms with E-state index in [1.807, 2.05) is 39.0 Å². The van der Waals surface area contributed by atoms with Crippen molar-refractivity contribution < 1.29 is 14.3 Å². The minimum absolute atomic E-state index is 0.188. The van der Waals surface area contributed by atoms with Gasteiger partial charge >= 0.3 is 12.1 Å². The summed E-state index contributed by atoms with van der Waals surface area (Å²) in [7, 11) is 3.18. The second-order valence-electron chi connectivity index (χ2n) is 8.62. The van der Waals surface area contributed by atoms with Crippen molar-refractivity contribution in [3.8, 4) is 0 Å². The quantitative estimate of drug-likeness (QED) is 0.561. The molecule has 0 radical (unpaired) electrons. The number of nitrogens with zero attached hydrogens (tertiary/aromatic N) is 4. The molecule has 170 valence electrons. The standard InChI is InChI=1S/C23H30N6O3/c1-23(2,3)32-22(31)29-11-9-16(14-29)15-6-7-18-17(12-15)19(8-10-26-18)27-21(30)28-20(25-5)13-24-4/h6-8,10,12-13,16H,9,11,14H2,1-5H3,(H2,25,26,27,28,30). The molecule has 1 fully saturated rings. The van der Waals surface area contributed by atoms with Crippen LogP contribution < -0.4 is 10.6 Å². The SMILES string of the molecule is CN=CC(=NC)NC(=O)Nc1ccnc2ccc(C3CCN(C(=O)OC(C)(C)C)C3)cc12. The molecule has 0 saturated carbocycles.